The molecule has 1 N–H and O–H groups in total. The minimum atomic E-state index is -3.66. The summed E-state index contributed by atoms with van der Waals surface area (Å²) in [7, 11) is -3.66. The van der Waals surface area contributed by atoms with Crippen LogP contribution in [0.1, 0.15) is 31.6 Å². The Kier molecular flexibility index (Phi) is 6.16. The summed E-state index contributed by atoms with van der Waals surface area (Å²) in [5.74, 6) is 0.577. The lowest BCUT2D eigenvalue weighted by Crippen LogP contribution is -2.44. The van der Waals surface area contributed by atoms with E-state index in [0.29, 0.717) is 49.8 Å². The van der Waals surface area contributed by atoms with Crippen molar-refractivity contribution in [3.8, 4) is 11.4 Å². The van der Waals surface area contributed by atoms with Gasteiger partial charge in [0.15, 0.2) is 0 Å². The molecule has 2 aromatic rings. The van der Waals surface area contributed by atoms with E-state index in [0.717, 1.165) is 19.4 Å². The Labute approximate surface area is 175 Å². The fourth-order valence-corrected chi connectivity index (χ4v) is 5.40. The number of nitrogens with one attached hydrogen (secondary N) is 1. The Hall–Kier alpha value is -2.30. The van der Waals surface area contributed by atoms with Crippen molar-refractivity contribution in [2.75, 3.05) is 26.2 Å². The number of rotatable bonds is 6. The van der Waals surface area contributed by atoms with Gasteiger partial charge in [-0.05, 0) is 37.8 Å². The van der Waals surface area contributed by atoms with Gasteiger partial charge in [0.1, 0.15) is 0 Å². The van der Waals surface area contributed by atoms with E-state index in [1.807, 2.05) is 0 Å². The molecule has 1 unspecified atom stereocenters. The highest BCUT2D eigenvalue weighted by Crippen LogP contribution is 2.26. The summed E-state index contributed by atoms with van der Waals surface area (Å²) in [6.45, 7) is 3.58. The van der Waals surface area contributed by atoms with Crippen LogP contribution in [0, 0.1) is 12.8 Å². The van der Waals surface area contributed by atoms with Gasteiger partial charge in [0.2, 0.25) is 27.6 Å². The molecule has 0 aliphatic carbocycles. The zero-order valence-corrected chi connectivity index (χ0v) is 17.7. The van der Waals surface area contributed by atoms with Crippen LogP contribution in [0.5, 0.6) is 0 Å². The number of sulfonamides is 1. The maximum atomic E-state index is 13.1. The normalized spacial score (nSPS) is 21.0. The van der Waals surface area contributed by atoms with Crippen molar-refractivity contribution in [3.63, 3.8) is 0 Å². The molecule has 30 heavy (non-hydrogen) atoms. The third kappa shape index (κ3) is 4.55. The second kappa shape index (κ2) is 8.83. The number of carbonyl (C=O) groups is 1. The van der Waals surface area contributed by atoms with E-state index in [9.17, 15) is 13.2 Å². The van der Waals surface area contributed by atoms with Crippen LogP contribution in [0.3, 0.4) is 0 Å². The summed E-state index contributed by atoms with van der Waals surface area (Å²) in [4.78, 5) is 16.8. The second-order valence-corrected chi connectivity index (χ2v) is 9.66. The number of benzene rings is 1. The van der Waals surface area contributed by atoms with E-state index >= 15 is 0 Å². The molecule has 2 saturated heterocycles. The summed E-state index contributed by atoms with van der Waals surface area (Å²) in [6, 6.07) is 6.53. The quantitative estimate of drug-likeness (QED) is 0.736. The number of nitrogens with zero attached hydrogens (tertiary/aromatic N) is 3. The molecule has 4 rings (SSSR count). The van der Waals surface area contributed by atoms with Gasteiger partial charge in [0.25, 0.3) is 0 Å². The van der Waals surface area contributed by atoms with Crippen molar-refractivity contribution in [1.29, 1.82) is 0 Å². The molecule has 0 bridgehead atoms. The number of aryl methyl sites for hydroxylation is 1. The van der Waals surface area contributed by atoms with Gasteiger partial charge in [-0.25, -0.2) is 8.42 Å². The maximum absolute atomic E-state index is 13.1. The molecule has 10 heteroatoms. The van der Waals surface area contributed by atoms with Crippen LogP contribution in [0.15, 0.2) is 33.7 Å². The Morgan fingerprint density at radius 3 is 2.73 bits per heavy atom. The van der Waals surface area contributed by atoms with Gasteiger partial charge in [0.05, 0.1) is 11.0 Å². The number of carbonyl (C=O) groups excluding carboxylic acids is 1. The fraction of sp³-hybridized carbons (Fsp3) is 0.550. The predicted molar refractivity (Wildman–Crippen MR) is 108 cm³/mol. The van der Waals surface area contributed by atoms with Crippen molar-refractivity contribution < 1.29 is 22.5 Å². The van der Waals surface area contributed by atoms with E-state index in [2.05, 4.69) is 15.5 Å². The molecule has 2 fully saturated rings. The van der Waals surface area contributed by atoms with E-state index in [-0.39, 0.29) is 22.8 Å². The summed E-state index contributed by atoms with van der Waals surface area (Å²) in [5.41, 5.74) is 0.580. The Morgan fingerprint density at radius 1 is 1.27 bits per heavy atom. The standard InChI is InChI=1S/C20H26N4O5S/c1-14-22-19(23-29-14)16-4-2-6-18(12-16)30(26,27)24-9-7-15(8-10-24)20(25)21-13-17-5-3-11-28-17/h2,4,6,12,15,17H,3,5,7-11,13H2,1H3,(H,21,25). The first-order valence-corrected chi connectivity index (χ1v) is 11.7. The highest BCUT2D eigenvalue weighted by Gasteiger charge is 2.32. The molecule has 1 atom stereocenters. The molecule has 1 amide bonds. The van der Waals surface area contributed by atoms with Crippen LogP contribution >= 0.6 is 0 Å². The van der Waals surface area contributed by atoms with E-state index in [1.54, 1.807) is 31.2 Å². The van der Waals surface area contributed by atoms with Crippen LogP contribution in [-0.4, -0.2) is 61.1 Å². The molecule has 1 aromatic carbocycles. The van der Waals surface area contributed by atoms with Gasteiger partial charge in [-0.1, -0.05) is 17.3 Å². The van der Waals surface area contributed by atoms with Gasteiger partial charge in [-0.2, -0.15) is 9.29 Å². The van der Waals surface area contributed by atoms with Crippen molar-refractivity contribution >= 4 is 15.9 Å². The van der Waals surface area contributed by atoms with Crippen molar-refractivity contribution in [1.82, 2.24) is 19.8 Å². The molecule has 1 aromatic heterocycles. The van der Waals surface area contributed by atoms with Crippen molar-refractivity contribution in [2.45, 2.75) is 43.6 Å². The van der Waals surface area contributed by atoms with Crippen LogP contribution in [-0.2, 0) is 19.6 Å². The van der Waals surface area contributed by atoms with Crippen molar-refractivity contribution in [3.05, 3.63) is 30.2 Å². The third-order valence-corrected chi connectivity index (χ3v) is 7.50. The molecule has 0 spiro atoms. The second-order valence-electron chi connectivity index (χ2n) is 7.72. The van der Waals surface area contributed by atoms with Crippen LogP contribution < -0.4 is 5.32 Å². The van der Waals surface area contributed by atoms with E-state index in [1.165, 1.54) is 4.31 Å². The molecule has 0 saturated carbocycles. The summed E-state index contributed by atoms with van der Waals surface area (Å²) in [6.07, 6.45) is 3.11. The number of aromatic nitrogens is 2. The van der Waals surface area contributed by atoms with Crippen LogP contribution in [0.25, 0.3) is 11.4 Å². The summed E-state index contributed by atoms with van der Waals surface area (Å²) < 4.78 is 38.1. The van der Waals surface area contributed by atoms with Gasteiger partial charge in [0, 0.05) is 44.6 Å². The minimum Gasteiger partial charge on any atom is -0.376 e. The monoisotopic (exact) mass is 434 g/mol. The molecular formula is C20H26N4O5S. The number of amides is 1. The summed E-state index contributed by atoms with van der Waals surface area (Å²) in [5, 5.41) is 6.80. The molecule has 2 aliphatic rings. The van der Waals surface area contributed by atoms with Crippen LogP contribution in [0.4, 0.5) is 0 Å². The van der Waals surface area contributed by atoms with Gasteiger partial charge in [-0.15, -0.1) is 0 Å². The predicted octanol–water partition coefficient (Wildman–Crippen LogP) is 1.74. The van der Waals surface area contributed by atoms with E-state index in [4.69, 9.17) is 9.26 Å². The SMILES string of the molecule is Cc1nc(-c2cccc(S(=O)(=O)N3CCC(C(=O)NCC4CCCO4)CC3)c2)no1. The first kappa shape index (κ1) is 21.0. The van der Waals surface area contributed by atoms with Gasteiger partial charge >= 0.3 is 0 Å². The molecule has 2 aliphatic heterocycles. The first-order chi connectivity index (χ1) is 14.4. The van der Waals surface area contributed by atoms with Gasteiger partial charge < -0.3 is 14.6 Å². The Balaban J connectivity index is 1.37. The zero-order chi connectivity index (χ0) is 21.1. The molecular weight excluding hydrogens is 408 g/mol. The number of hydrogen-bond acceptors (Lipinski definition) is 7. The largest absolute Gasteiger partial charge is 0.376 e. The molecule has 3 heterocycles. The average molecular weight is 435 g/mol. The van der Waals surface area contributed by atoms with Crippen molar-refractivity contribution in [2.24, 2.45) is 5.92 Å². The number of hydrogen-bond donors (Lipinski definition) is 1. The lowest BCUT2D eigenvalue weighted by Gasteiger charge is -2.30. The highest BCUT2D eigenvalue weighted by molar-refractivity contribution is 7.89. The first-order valence-electron chi connectivity index (χ1n) is 10.2. The molecule has 162 valence electrons. The number of ether oxygens (including phenoxy) is 1. The average Bonchev–Trinajstić information content (AvgIpc) is 3.44. The summed E-state index contributed by atoms with van der Waals surface area (Å²) >= 11 is 0. The minimum absolute atomic E-state index is 0.0166. The Morgan fingerprint density at radius 2 is 2.07 bits per heavy atom. The topological polar surface area (TPSA) is 115 Å². The number of piperidine rings is 1. The maximum Gasteiger partial charge on any atom is 0.243 e. The third-order valence-electron chi connectivity index (χ3n) is 5.61. The molecule has 9 nitrogen and oxygen atoms in total. The van der Waals surface area contributed by atoms with Gasteiger partial charge in [-0.3, -0.25) is 4.79 Å². The smallest absolute Gasteiger partial charge is 0.243 e. The molecule has 0 radical (unpaired) electrons. The lowest BCUT2D eigenvalue weighted by molar-refractivity contribution is -0.126. The Bertz CT molecular complexity index is 992. The fourth-order valence-electron chi connectivity index (χ4n) is 3.88. The highest BCUT2D eigenvalue weighted by atomic mass is 32.2. The van der Waals surface area contributed by atoms with Crippen LogP contribution in [0.2, 0.25) is 0 Å². The zero-order valence-electron chi connectivity index (χ0n) is 16.9. The van der Waals surface area contributed by atoms with E-state index < -0.39 is 10.0 Å². The lowest BCUT2D eigenvalue weighted by atomic mass is 9.97.